The maximum absolute atomic E-state index is 12.6. The first-order chi connectivity index (χ1) is 17.0. The fraction of sp³-hybridized carbons (Fsp3) is 0.154. The zero-order valence-corrected chi connectivity index (χ0v) is 20.2. The van der Waals surface area contributed by atoms with E-state index in [2.05, 4.69) is 26.0 Å². The van der Waals surface area contributed by atoms with Gasteiger partial charge < -0.3 is 10.4 Å². The van der Waals surface area contributed by atoms with Crippen molar-refractivity contribution < 1.29 is 9.90 Å². The highest BCUT2D eigenvalue weighted by Crippen LogP contribution is 2.26. The van der Waals surface area contributed by atoms with Crippen LogP contribution in [0.1, 0.15) is 23.9 Å². The van der Waals surface area contributed by atoms with Crippen LogP contribution in [0.25, 0.3) is 5.69 Å². The second kappa shape index (κ2) is 11.3. The number of hydrogen-bond donors (Lipinski definition) is 3. The number of hydrogen-bond acceptors (Lipinski definition) is 7. The smallest absolute Gasteiger partial charge is 0.253 e. The molecule has 0 aliphatic rings. The SMILES string of the molecule is Cc1ccc(NCc2nnc(S[C@@H](C)C(=O)N/N=C/c3ccccc3O)n2-c2ccccc2)cc1. The van der Waals surface area contributed by atoms with E-state index in [-0.39, 0.29) is 11.7 Å². The molecule has 4 aromatic rings. The average Bonchev–Trinajstić information content (AvgIpc) is 3.27. The first-order valence-corrected chi connectivity index (χ1v) is 12.0. The Morgan fingerprint density at radius 2 is 1.77 bits per heavy atom. The van der Waals surface area contributed by atoms with Crippen LogP contribution >= 0.6 is 11.8 Å². The van der Waals surface area contributed by atoms with E-state index in [1.165, 1.54) is 23.5 Å². The largest absolute Gasteiger partial charge is 0.507 e. The van der Waals surface area contributed by atoms with Crippen molar-refractivity contribution in [2.75, 3.05) is 5.32 Å². The Morgan fingerprint density at radius 3 is 2.51 bits per heavy atom. The molecule has 1 atom stereocenters. The number of anilines is 1. The van der Waals surface area contributed by atoms with Crippen molar-refractivity contribution in [3.8, 4) is 11.4 Å². The lowest BCUT2D eigenvalue weighted by molar-refractivity contribution is -0.120. The number of nitrogens with zero attached hydrogens (tertiary/aromatic N) is 4. The normalized spacial score (nSPS) is 11.9. The average molecular weight is 487 g/mol. The number of para-hydroxylation sites is 2. The zero-order chi connectivity index (χ0) is 24.6. The maximum Gasteiger partial charge on any atom is 0.253 e. The van der Waals surface area contributed by atoms with Crippen LogP contribution in [0, 0.1) is 6.92 Å². The maximum atomic E-state index is 12.6. The summed E-state index contributed by atoms with van der Waals surface area (Å²) < 4.78 is 1.95. The monoisotopic (exact) mass is 486 g/mol. The van der Waals surface area contributed by atoms with Gasteiger partial charge in [-0.2, -0.15) is 5.10 Å². The number of hydrazone groups is 1. The molecule has 0 radical (unpaired) electrons. The quantitative estimate of drug-likeness (QED) is 0.182. The number of phenols is 1. The van der Waals surface area contributed by atoms with Crippen molar-refractivity contribution in [3.63, 3.8) is 0 Å². The van der Waals surface area contributed by atoms with Crippen molar-refractivity contribution in [1.82, 2.24) is 20.2 Å². The zero-order valence-electron chi connectivity index (χ0n) is 19.4. The number of rotatable bonds is 9. The van der Waals surface area contributed by atoms with Gasteiger partial charge in [0.2, 0.25) is 0 Å². The van der Waals surface area contributed by atoms with Gasteiger partial charge in [-0.1, -0.05) is 59.8 Å². The van der Waals surface area contributed by atoms with Gasteiger partial charge in [0, 0.05) is 16.9 Å². The van der Waals surface area contributed by atoms with E-state index < -0.39 is 5.25 Å². The van der Waals surface area contributed by atoms with Crippen LogP contribution < -0.4 is 10.7 Å². The molecule has 8 nitrogen and oxygen atoms in total. The predicted molar refractivity (Wildman–Crippen MR) is 139 cm³/mol. The van der Waals surface area contributed by atoms with Crippen LogP contribution in [-0.4, -0.2) is 37.2 Å². The van der Waals surface area contributed by atoms with Gasteiger partial charge in [-0.3, -0.25) is 9.36 Å². The molecule has 3 aromatic carbocycles. The van der Waals surface area contributed by atoms with Gasteiger partial charge in [-0.05, 0) is 50.2 Å². The van der Waals surface area contributed by atoms with E-state index in [1.54, 1.807) is 31.2 Å². The van der Waals surface area contributed by atoms with Crippen LogP contribution in [0.4, 0.5) is 5.69 Å². The second-order valence-electron chi connectivity index (χ2n) is 7.84. The summed E-state index contributed by atoms with van der Waals surface area (Å²) in [5, 5.41) is 26.0. The summed E-state index contributed by atoms with van der Waals surface area (Å²) in [6.45, 7) is 4.30. The molecule has 1 heterocycles. The molecule has 0 aliphatic carbocycles. The Labute approximate surface area is 208 Å². The predicted octanol–water partition coefficient (Wildman–Crippen LogP) is 4.52. The molecule has 0 spiro atoms. The third-order valence-corrected chi connectivity index (χ3v) is 6.23. The minimum atomic E-state index is -0.485. The number of aromatic nitrogens is 3. The summed E-state index contributed by atoms with van der Waals surface area (Å²) in [4.78, 5) is 12.6. The summed E-state index contributed by atoms with van der Waals surface area (Å²) in [5.74, 6) is 0.531. The standard InChI is InChI=1S/C26H26N6O2S/c1-18-12-14-21(15-13-18)27-17-24-29-31-26(32(24)22-9-4-3-5-10-22)35-19(2)25(34)30-28-16-20-8-6-7-11-23(20)33/h3-16,19,27,33H,17H2,1-2H3,(H,30,34)/b28-16+/t19-/m0/s1. The summed E-state index contributed by atoms with van der Waals surface area (Å²) in [6, 6.07) is 24.7. The highest BCUT2D eigenvalue weighted by molar-refractivity contribution is 8.00. The van der Waals surface area contributed by atoms with Gasteiger partial charge in [-0.15, -0.1) is 10.2 Å². The molecule has 0 aliphatic heterocycles. The van der Waals surface area contributed by atoms with Gasteiger partial charge in [0.05, 0.1) is 18.0 Å². The van der Waals surface area contributed by atoms with Crippen LogP contribution in [0.15, 0.2) is 89.1 Å². The minimum Gasteiger partial charge on any atom is -0.507 e. The summed E-state index contributed by atoms with van der Waals surface area (Å²) in [7, 11) is 0. The van der Waals surface area contributed by atoms with Crippen molar-refractivity contribution >= 4 is 29.6 Å². The lowest BCUT2D eigenvalue weighted by Gasteiger charge is -2.13. The van der Waals surface area contributed by atoms with E-state index in [1.807, 2.05) is 66.1 Å². The number of carbonyl (C=O) groups is 1. The molecule has 1 amide bonds. The lowest BCUT2D eigenvalue weighted by atomic mass is 10.2. The fourth-order valence-corrected chi connectivity index (χ4v) is 4.12. The second-order valence-corrected chi connectivity index (χ2v) is 9.15. The third kappa shape index (κ3) is 6.27. The van der Waals surface area contributed by atoms with Gasteiger partial charge in [-0.25, -0.2) is 5.43 Å². The highest BCUT2D eigenvalue weighted by atomic mass is 32.2. The van der Waals surface area contributed by atoms with Gasteiger partial charge in [0.25, 0.3) is 5.91 Å². The van der Waals surface area contributed by atoms with Gasteiger partial charge in [0.15, 0.2) is 11.0 Å². The molecule has 178 valence electrons. The molecule has 1 aromatic heterocycles. The van der Waals surface area contributed by atoms with Crippen molar-refractivity contribution in [3.05, 3.63) is 95.8 Å². The summed E-state index contributed by atoms with van der Waals surface area (Å²) >= 11 is 1.29. The lowest BCUT2D eigenvalue weighted by Crippen LogP contribution is -2.27. The summed E-state index contributed by atoms with van der Waals surface area (Å²) in [5.41, 5.74) is 6.13. The van der Waals surface area contributed by atoms with Crippen molar-refractivity contribution in [2.45, 2.75) is 30.8 Å². The van der Waals surface area contributed by atoms with Crippen molar-refractivity contribution in [1.29, 1.82) is 0 Å². The van der Waals surface area contributed by atoms with Crippen LogP contribution in [-0.2, 0) is 11.3 Å². The molecular weight excluding hydrogens is 460 g/mol. The fourth-order valence-electron chi connectivity index (χ4n) is 3.24. The molecule has 3 N–H and O–H groups in total. The number of amides is 1. The number of benzene rings is 3. The van der Waals surface area contributed by atoms with Crippen LogP contribution in [0.2, 0.25) is 0 Å². The van der Waals surface area contributed by atoms with Crippen LogP contribution in [0.3, 0.4) is 0 Å². The van der Waals surface area contributed by atoms with Crippen LogP contribution in [0.5, 0.6) is 5.75 Å². The third-order valence-electron chi connectivity index (χ3n) is 5.18. The number of aromatic hydroxyl groups is 1. The molecule has 0 unspecified atom stereocenters. The number of nitrogens with one attached hydrogen (secondary N) is 2. The van der Waals surface area contributed by atoms with E-state index in [0.717, 1.165) is 17.2 Å². The number of carbonyl (C=O) groups excluding carboxylic acids is 1. The molecule has 0 saturated carbocycles. The molecule has 35 heavy (non-hydrogen) atoms. The molecule has 9 heteroatoms. The molecule has 0 saturated heterocycles. The van der Waals surface area contributed by atoms with E-state index in [4.69, 9.17) is 0 Å². The van der Waals surface area contributed by atoms with Gasteiger partial charge >= 0.3 is 0 Å². The Bertz CT molecular complexity index is 1310. The summed E-state index contributed by atoms with van der Waals surface area (Å²) in [6.07, 6.45) is 1.41. The first kappa shape index (κ1) is 24.0. The van der Waals surface area contributed by atoms with E-state index in [0.29, 0.717) is 17.3 Å². The minimum absolute atomic E-state index is 0.0932. The molecule has 0 bridgehead atoms. The molecule has 0 fully saturated rings. The topological polar surface area (TPSA) is 104 Å². The Hall–Kier alpha value is -4.11. The van der Waals surface area contributed by atoms with Crippen molar-refractivity contribution in [2.24, 2.45) is 5.10 Å². The first-order valence-electron chi connectivity index (χ1n) is 11.1. The Balaban J connectivity index is 1.47. The molecule has 4 rings (SSSR count). The Morgan fingerprint density at radius 1 is 1.06 bits per heavy atom. The Kier molecular flexibility index (Phi) is 7.79. The molecular formula is C26H26N6O2S. The number of phenolic OH excluding ortho intramolecular Hbond substituents is 1. The highest BCUT2D eigenvalue weighted by Gasteiger charge is 2.21. The van der Waals surface area contributed by atoms with E-state index in [9.17, 15) is 9.90 Å². The van der Waals surface area contributed by atoms with Gasteiger partial charge in [0.1, 0.15) is 5.75 Å². The van der Waals surface area contributed by atoms with E-state index >= 15 is 0 Å². The number of aryl methyl sites for hydroxylation is 1. The number of thioether (sulfide) groups is 1.